The summed E-state index contributed by atoms with van der Waals surface area (Å²) < 4.78 is 0. The van der Waals surface area contributed by atoms with Gasteiger partial charge in [-0.05, 0) is 37.3 Å². The van der Waals surface area contributed by atoms with Gasteiger partial charge in [0.1, 0.15) is 0 Å². The van der Waals surface area contributed by atoms with Crippen molar-refractivity contribution in [2.45, 2.75) is 13.0 Å². The third-order valence-corrected chi connectivity index (χ3v) is 4.93. The average molecular weight is 379 g/mol. The predicted octanol–water partition coefficient (Wildman–Crippen LogP) is 2.62. The van der Waals surface area contributed by atoms with Gasteiger partial charge >= 0.3 is 0 Å². The molecule has 1 heterocycles. The van der Waals surface area contributed by atoms with Gasteiger partial charge in [0.25, 0.3) is 5.69 Å². The van der Waals surface area contributed by atoms with Crippen LogP contribution in [0, 0.1) is 21.4 Å². The van der Waals surface area contributed by atoms with E-state index < -0.39 is 4.92 Å². The molecule has 2 aromatic rings. The first-order valence-electron chi connectivity index (χ1n) is 9.02. The van der Waals surface area contributed by atoms with Crippen LogP contribution in [0.1, 0.15) is 12.5 Å². The van der Waals surface area contributed by atoms with Crippen molar-refractivity contribution in [3.05, 3.63) is 64.2 Å². The van der Waals surface area contributed by atoms with E-state index in [0.717, 1.165) is 18.8 Å². The van der Waals surface area contributed by atoms with Gasteiger partial charge in [0.2, 0.25) is 5.91 Å². The normalized spacial score (nSPS) is 15.5. The first kappa shape index (κ1) is 19.3. The van der Waals surface area contributed by atoms with Crippen molar-refractivity contribution in [1.82, 2.24) is 4.90 Å². The van der Waals surface area contributed by atoms with Crippen molar-refractivity contribution < 1.29 is 9.72 Å². The third kappa shape index (κ3) is 4.45. The fraction of sp³-hybridized carbons (Fsp3) is 0.300. The number of piperazine rings is 1. The molecule has 0 aliphatic carbocycles. The summed E-state index contributed by atoms with van der Waals surface area (Å²) in [6.07, 6.45) is 0. The zero-order chi connectivity index (χ0) is 20.1. The first-order chi connectivity index (χ1) is 13.5. The molecular formula is C20H21N5O3. The molecule has 1 amide bonds. The van der Waals surface area contributed by atoms with Gasteiger partial charge in [0.15, 0.2) is 0 Å². The highest BCUT2D eigenvalue weighted by Crippen LogP contribution is 2.21. The van der Waals surface area contributed by atoms with Crippen LogP contribution in [0.25, 0.3) is 0 Å². The maximum absolute atomic E-state index is 12.6. The highest BCUT2D eigenvalue weighted by molar-refractivity contribution is 5.94. The lowest BCUT2D eigenvalue weighted by Gasteiger charge is -2.38. The van der Waals surface area contributed by atoms with Gasteiger partial charge in [-0.2, -0.15) is 5.26 Å². The summed E-state index contributed by atoms with van der Waals surface area (Å²) >= 11 is 0. The van der Waals surface area contributed by atoms with Gasteiger partial charge in [-0.25, -0.2) is 0 Å². The molecule has 1 atom stereocenters. The fourth-order valence-electron chi connectivity index (χ4n) is 3.23. The number of hydrogen-bond acceptors (Lipinski definition) is 6. The van der Waals surface area contributed by atoms with E-state index in [4.69, 9.17) is 5.26 Å². The number of nitrogens with one attached hydrogen (secondary N) is 1. The molecule has 1 fully saturated rings. The maximum atomic E-state index is 12.6. The van der Waals surface area contributed by atoms with Crippen molar-refractivity contribution >= 4 is 23.0 Å². The quantitative estimate of drug-likeness (QED) is 0.633. The second-order valence-electron chi connectivity index (χ2n) is 6.65. The second kappa shape index (κ2) is 8.50. The molecule has 1 aliphatic rings. The highest BCUT2D eigenvalue weighted by atomic mass is 16.6. The number of hydrogen-bond donors (Lipinski definition) is 1. The molecule has 8 heteroatoms. The van der Waals surface area contributed by atoms with E-state index in [1.165, 1.54) is 12.1 Å². The lowest BCUT2D eigenvalue weighted by Crippen LogP contribution is -2.52. The lowest BCUT2D eigenvalue weighted by molar-refractivity contribution is -0.384. The average Bonchev–Trinajstić information content (AvgIpc) is 2.73. The Labute approximate surface area is 163 Å². The Hall–Kier alpha value is -3.44. The van der Waals surface area contributed by atoms with Gasteiger partial charge in [0.05, 0.1) is 22.6 Å². The molecule has 3 rings (SSSR count). The summed E-state index contributed by atoms with van der Waals surface area (Å²) in [5.74, 6) is -0.112. The lowest BCUT2D eigenvalue weighted by atomic mass is 10.1. The van der Waals surface area contributed by atoms with Gasteiger partial charge in [-0.15, -0.1) is 0 Å². The summed E-state index contributed by atoms with van der Waals surface area (Å²) in [6.45, 7) is 4.76. The van der Waals surface area contributed by atoms with Crippen LogP contribution in [0.5, 0.6) is 0 Å². The molecule has 1 saturated heterocycles. The zero-order valence-corrected chi connectivity index (χ0v) is 15.5. The minimum absolute atomic E-state index is 0.0770. The van der Waals surface area contributed by atoms with Crippen molar-refractivity contribution in [3.63, 3.8) is 0 Å². The molecular weight excluding hydrogens is 358 g/mol. The predicted molar refractivity (Wildman–Crippen MR) is 106 cm³/mol. The molecule has 0 spiro atoms. The topological polar surface area (TPSA) is 103 Å². The van der Waals surface area contributed by atoms with Crippen LogP contribution in [0.2, 0.25) is 0 Å². The minimum atomic E-state index is -0.408. The number of non-ortho nitro benzene ring substituents is 1. The molecule has 0 bridgehead atoms. The number of carbonyl (C=O) groups excluding carboxylic acids is 1. The van der Waals surface area contributed by atoms with E-state index >= 15 is 0 Å². The Morgan fingerprint density at radius 2 is 1.86 bits per heavy atom. The molecule has 0 saturated carbocycles. The van der Waals surface area contributed by atoms with Crippen LogP contribution in [0.4, 0.5) is 17.1 Å². The van der Waals surface area contributed by atoms with E-state index in [1.807, 2.05) is 6.92 Å². The zero-order valence-electron chi connectivity index (χ0n) is 15.5. The van der Waals surface area contributed by atoms with Crippen LogP contribution >= 0.6 is 0 Å². The summed E-state index contributed by atoms with van der Waals surface area (Å²) in [5.41, 5.74) is 2.13. The number of benzene rings is 2. The number of rotatable bonds is 5. The van der Waals surface area contributed by atoms with Crippen LogP contribution < -0.4 is 10.2 Å². The number of nitro benzene ring substituents is 1. The number of carbonyl (C=O) groups is 1. The van der Waals surface area contributed by atoms with Gasteiger partial charge in [-0.1, -0.05) is 6.07 Å². The molecule has 0 unspecified atom stereocenters. The van der Waals surface area contributed by atoms with E-state index in [9.17, 15) is 14.9 Å². The van der Waals surface area contributed by atoms with E-state index in [1.54, 1.807) is 36.4 Å². The van der Waals surface area contributed by atoms with Crippen LogP contribution in [-0.2, 0) is 4.79 Å². The standard InChI is InChI=1S/C20H21N5O3/c1-15(20(26)22-17-4-2-3-16(13-17)14-21)23-9-11-24(12-10-23)18-5-7-19(8-6-18)25(27)28/h2-8,13,15H,9-12H2,1H3,(H,22,26)/t15-/m1/s1. The van der Waals surface area contributed by atoms with Gasteiger partial charge in [-0.3, -0.25) is 19.8 Å². The van der Waals surface area contributed by atoms with Crippen molar-refractivity contribution in [1.29, 1.82) is 5.26 Å². The fourth-order valence-corrected chi connectivity index (χ4v) is 3.23. The van der Waals surface area contributed by atoms with Crippen LogP contribution in [-0.4, -0.2) is 48.0 Å². The van der Waals surface area contributed by atoms with E-state index in [-0.39, 0.29) is 17.6 Å². The number of nitriles is 1. The number of amides is 1. The van der Waals surface area contributed by atoms with Crippen molar-refractivity contribution in [2.24, 2.45) is 0 Å². The summed E-state index contributed by atoms with van der Waals surface area (Å²) in [6, 6.07) is 15.1. The summed E-state index contributed by atoms with van der Waals surface area (Å²) in [4.78, 5) is 27.2. The molecule has 1 N–H and O–H groups in total. The summed E-state index contributed by atoms with van der Waals surface area (Å²) in [5, 5.41) is 22.6. The maximum Gasteiger partial charge on any atom is 0.269 e. The molecule has 0 radical (unpaired) electrons. The number of nitrogens with zero attached hydrogens (tertiary/aromatic N) is 4. The Bertz CT molecular complexity index is 899. The third-order valence-electron chi connectivity index (χ3n) is 4.93. The molecule has 28 heavy (non-hydrogen) atoms. The molecule has 144 valence electrons. The number of nitro groups is 1. The SMILES string of the molecule is C[C@H](C(=O)Nc1cccc(C#N)c1)N1CCN(c2ccc([N+](=O)[O-])cc2)CC1. The molecule has 1 aliphatic heterocycles. The highest BCUT2D eigenvalue weighted by Gasteiger charge is 2.26. The molecule has 8 nitrogen and oxygen atoms in total. The van der Waals surface area contributed by atoms with Gasteiger partial charge in [0, 0.05) is 49.7 Å². The Kier molecular flexibility index (Phi) is 5.87. The van der Waals surface area contributed by atoms with Crippen LogP contribution in [0.15, 0.2) is 48.5 Å². The second-order valence-corrected chi connectivity index (χ2v) is 6.65. The largest absolute Gasteiger partial charge is 0.369 e. The molecule has 2 aromatic carbocycles. The van der Waals surface area contributed by atoms with Gasteiger partial charge < -0.3 is 10.2 Å². The first-order valence-corrected chi connectivity index (χ1v) is 9.02. The minimum Gasteiger partial charge on any atom is -0.369 e. The Morgan fingerprint density at radius 1 is 1.18 bits per heavy atom. The number of anilines is 2. The van der Waals surface area contributed by atoms with Crippen molar-refractivity contribution in [3.8, 4) is 6.07 Å². The molecule has 0 aromatic heterocycles. The van der Waals surface area contributed by atoms with E-state index in [2.05, 4.69) is 21.2 Å². The monoisotopic (exact) mass is 379 g/mol. The Morgan fingerprint density at radius 3 is 2.46 bits per heavy atom. The summed E-state index contributed by atoms with van der Waals surface area (Å²) in [7, 11) is 0. The van der Waals surface area contributed by atoms with Crippen LogP contribution in [0.3, 0.4) is 0 Å². The van der Waals surface area contributed by atoms with E-state index in [0.29, 0.717) is 24.3 Å². The van der Waals surface area contributed by atoms with Crippen molar-refractivity contribution in [2.75, 3.05) is 36.4 Å². The Balaban J connectivity index is 1.55. The smallest absolute Gasteiger partial charge is 0.269 e.